The van der Waals surface area contributed by atoms with Crippen LogP contribution in [0.1, 0.15) is 42.3 Å². The normalized spacial score (nSPS) is 19.0. The molecular formula is C20H20O6. The van der Waals surface area contributed by atoms with Gasteiger partial charge in [0.25, 0.3) is 0 Å². The van der Waals surface area contributed by atoms with E-state index >= 15 is 0 Å². The van der Waals surface area contributed by atoms with Crippen molar-refractivity contribution in [3.8, 4) is 17.2 Å². The molecule has 0 amide bonds. The first kappa shape index (κ1) is 17.8. The molecule has 1 heterocycles. The number of carbonyl (C=O) groups is 2. The molecule has 3 rings (SSSR count). The second kappa shape index (κ2) is 7.07. The smallest absolute Gasteiger partial charge is 0.306 e. The Morgan fingerprint density at radius 3 is 2.54 bits per heavy atom. The summed E-state index contributed by atoms with van der Waals surface area (Å²) in [5.74, 6) is -1.58. The van der Waals surface area contributed by atoms with Crippen molar-refractivity contribution in [3.05, 3.63) is 53.6 Å². The van der Waals surface area contributed by atoms with Crippen molar-refractivity contribution in [2.75, 3.05) is 0 Å². The van der Waals surface area contributed by atoms with Crippen LogP contribution in [0.4, 0.5) is 0 Å². The number of rotatable bonds is 4. The standard InChI is InChI=1S/C20H20O6/c1-11(2)8-16(23)26-20-18(24)17-14(22)9-13(21)10-15(17)25-19(20)12-6-4-3-5-7-12/h3-7,9-11,19-22H,8H2,1-2H3/t19-,20+/m1/s1. The molecular weight excluding hydrogens is 336 g/mol. The van der Waals surface area contributed by atoms with Crippen molar-refractivity contribution in [1.29, 1.82) is 0 Å². The summed E-state index contributed by atoms with van der Waals surface area (Å²) >= 11 is 0. The van der Waals surface area contributed by atoms with Gasteiger partial charge in [0.1, 0.15) is 22.8 Å². The molecule has 0 fully saturated rings. The Kier molecular flexibility index (Phi) is 4.84. The number of aromatic hydroxyl groups is 2. The van der Waals surface area contributed by atoms with Crippen molar-refractivity contribution in [1.82, 2.24) is 0 Å². The zero-order chi connectivity index (χ0) is 18.8. The van der Waals surface area contributed by atoms with Crippen LogP contribution in [0.3, 0.4) is 0 Å². The van der Waals surface area contributed by atoms with Crippen LogP contribution in [0.2, 0.25) is 0 Å². The van der Waals surface area contributed by atoms with Crippen LogP contribution in [-0.4, -0.2) is 28.1 Å². The summed E-state index contributed by atoms with van der Waals surface area (Å²) in [5.41, 5.74) is 0.550. The third-order valence-corrected chi connectivity index (χ3v) is 4.06. The minimum absolute atomic E-state index is 0.0533. The molecule has 0 spiro atoms. The average molecular weight is 356 g/mol. The van der Waals surface area contributed by atoms with Gasteiger partial charge in [-0.3, -0.25) is 9.59 Å². The summed E-state index contributed by atoms with van der Waals surface area (Å²) in [6.45, 7) is 3.75. The summed E-state index contributed by atoms with van der Waals surface area (Å²) in [5, 5.41) is 19.7. The minimum Gasteiger partial charge on any atom is -0.508 e. The highest BCUT2D eigenvalue weighted by atomic mass is 16.6. The lowest BCUT2D eigenvalue weighted by molar-refractivity contribution is -0.152. The fraction of sp³-hybridized carbons (Fsp3) is 0.300. The number of hydrogen-bond acceptors (Lipinski definition) is 6. The van der Waals surface area contributed by atoms with Gasteiger partial charge in [0.2, 0.25) is 11.9 Å². The number of esters is 1. The largest absolute Gasteiger partial charge is 0.508 e. The van der Waals surface area contributed by atoms with Crippen LogP contribution in [-0.2, 0) is 9.53 Å². The van der Waals surface area contributed by atoms with Gasteiger partial charge in [-0.15, -0.1) is 0 Å². The van der Waals surface area contributed by atoms with Crippen molar-refractivity contribution in [2.24, 2.45) is 5.92 Å². The van der Waals surface area contributed by atoms with Crippen LogP contribution >= 0.6 is 0 Å². The molecule has 0 unspecified atom stereocenters. The fourth-order valence-electron chi connectivity index (χ4n) is 2.93. The van der Waals surface area contributed by atoms with Crippen molar-refractivity contribution < 1.29 is 29.3 Å². The van der Waals surface area contributed by atoms with Gasteiger partial charge in [0, 0.05) is 18.6 Å². The number of phenols is 2. The van der Waals surface area contributed by atoms with E-state index < -0.39 is 29.7 Å². The third-order valence-electron chi connectivity index (χ3n) is 4.06. The Labute approximate surface area is 151 Å². The topological polar surface area (TPSA) is 93.1 Å². The van der Waals surface area contributed by atoms with Crippen molar-refractivity contribution >= 4 is 11.8 Å². The van der Waals surface area contributed by atoms with Crippen LogP contribution in [0.5, 0.6) is 17.2 Å². The van der Waals surface area contributed by atoms with E-state index in [1.165, 1.54) is 6.07 Å². The van der Waals surface area contributed by atoms with Gasteiger partial charge in [-0.2, -0.15) is 0 Å². The summed E-state index contributed by atoms with van der Waals surface area (Å²) in [4.78, 5) is 25.1. The number of carbonyl (C=O) groups excluding carboxylic acids is 2. The minimum atomic E-state index is -1.22. The van der Waals surface area contributed by atoms with Gasteiger partial charge in [-0.05, 0) is 11.5 Å². The molecule has 2 aromatic carbocycles. The van der Waals surface area contributed by atoms with Crippen molar-refractivity contribution in [3.63, 3.8) is 0 Å². The van der Waals surface area contributed by atoms with E-state index in [9.17, 15) is 19.8 Å². The molecule has 6 heteroatoms. The second-order valence-electron chi connectivity index (χ2n) is 6.66. The van der Waals surface area contributed by atoms with Gasteiger partial charge in [-0.25, -0.2) is 0 Å². The van der Waals surface area contributed by atoms with Gasteiger partial charge >= 0.3 is 5.97 Å². The Morgan fingerprint density at radius 1 is 1.19 bits per heavy atom. The van der Waals surface area contributed by atoms with Crippen LogP contribution < -0.4 is 4.74 Å². The Morgan fingerprint density at radius 2 is 1.88 bits per heavy atom. The highest BCUT2D eigenvalue weighted by molar-refractivity contribution is 6.06. The van der Waals surface area contributed by atoms with Crippen LogP contribution in [0.15, 0.2) is 42.5 Å². The molecule has 0 aromatic heterocycles. The van der Waals surface area contributed by atoms with Gasteiger partial charge in [-0.1, -0.05) is 44.2 Å². The highest BCUT2D eigenvalue weighted by Crippen LogP contribution is 2.42. The molecule has 0 radical (unpaired) electrons. The maximum Gasteiger partial charge on any atom is 0.306 e. The highest BCUT2D eigenvalue weighted by Gasteiger charge is 2.42. The third kappa shape index (κ3) is 3.49. The molecule has 0 aliphatic carbocycles. The number of phenolic OH excluding ortho intramolecular Hbond substituents is 2. The molecule has 2 N–H and O–H groups in total. The molecule has 2 atom stereocenters. The fourth-order valence-corrected chi connectivity index (χ4v) is 2.93. The molecule has 2 aromatic rings. The Bertz CT molecular complexity index is 828. The maximum absolute atomic E-state index is 13.0. The van der Waals surface area contributed by atoms with Crippen molar-refractivity contribution in [2.45, 2.75) is 32.5 Å². The first-order chi connectivity index (χ1) is 12.4. The summed E-state index contributed by atoms with van der Waals surface area (Å²) in [6.07, 6.45) is -1.92. The molecule has 1 aliphatic heterocycles. The molecule has 1 aliphatic rings. The number of benzene rings is 2. The van der Waals surface area contributed by atoms with Gasteiger partial charge < -0.3 is 19.7 Å². The molecule has 6 nitrogen and oxygen atoms in total. The molecule has 0 saturated heterocycles. The number of ether oxygens (including phenoxy) is 2. The van der Waals surface area contributed by atoms with E-state index in [1.807, 2.05) is 19.9 Å². The van der Waals surface area contributed by atoms with Gasteiger partial charge in [0.05, 0.1) is 0 Å². The van der Waals surface area contributed by atoms with E-state index in [4.69, 9.17) is 9.47 Å². The lowest BCUT2D eigenvalue weighted by Gasteiger charge is -2.32. The van der Waals surface area contributed by atoms with E-state index in [2.05, 4.69) is 0 Å². The summed E-state index contributed by atoms with van der Waals surface area (Å²) in [6, 6.07) is 11.2. The number of Topliss-reactive ketones (excluding diaryl/α,β-unsaturated/α-hetero) is 1. The van der Waals surface area contributed by atoms with Crippen LogP contribution in [0, 0.1) is 5.92 Å². The maximum atomic E-state index is 13.0. The number of ketones is 1. The van der Waals surface area contributed by atoms with E-state index in [1.54, 1.807) is 24.3 Å². The summed E-state index contributed by atoms with van der Waals surface area (Å²) < 4.78 is 11.3. The SMILES string of the molecule is CC(C)CC(=O)O[C@H]1C(=O)c2c(O)cc(O)cc2O[C@@H]1c1ccccc1. The monoisotopic (exact) mass is 356 g/mol. The van der Waals surface area contributed by atoms with E-state index in [-0.39, 0.29) is 29.4 Å². The lowest BCUT2D eigenvalue weighted by atomic mass is 9.92. The number of fused-ring (bicyclic) bond motifs is 1. The molecule has 26 heavy (non-hydrogen) atoms. The molecule has 0 bridgehead atoms. The van der Waals surface area contributed by atoms with Gasteiger partial charge in [0.15, 0.2) is 6.10 Å². The summed E-state index contributed by atoms with van der Waals surface area (Å²) in [7, 11) is 0. The second-order valence-corrected chi connectivity index (χ2v) is 6.66. The van der Waals surface area contributed by atoms with E-state index in [0.717, 1.165) is 6.07 Å². The van der Waals surface area contributed by atoms with Crippen LogP contribution in [0.25, 0.3) is 0 Å². The molecule has 0 saturated carbocycles. The Balaban J connectivity index is 2.02. The lowest BCUT2D eigenvalue weighted by Crippen LogP contribution is -2.40. The zero-order valence-corrected chi connectivity index (χ0v) is 14.5. The predicted molar refractivity (Wildman–Crippen MR) is 93.2 cm³/mol. The first-order valence-electron chi connectivity index (χ1n) is 8.38. The Hall–Kier alpha value is -3.02. The number of hydrogen-bond donors (Lipinski definition) is 2. The predicted octanol–water partition coefficient (Wildman–Crippen LogP) is 3.37. The zero-order valence-electron chi connectivity index (χ0n) is 14.5. The average Bonchev–Trinajstić information content (AvgIpc) is 2.56. The van der Waals surface area contributed by atoms with E-state index in [0.29, 0.717) is 5.56 Å². The molecule has 136 valence electrons. The quantitative estimate of drug-likeness (QED) is 0.816. The first-order valence-corrected chi connectivity index (χ1v) is 8.38.